The highest BCUT2D eigenvalue weighted by Crippen LogP contribution is 2.35. The molecule has 26 heavy (non-hydrogen) atoms. The van der Waals surface area contributed by atoms with Crippen LogP contribution in [0.1, 0.15) is 0 Å². The van der Waals surface area contributed by atoms with Gasteiger partial charge in [-0.2, -0.15) is 0 Å². The minimum atomic E-state index is 0.783. The Morgan fingerprint density at radius 3 is 1.88 bits per heavy atom. The van der Waals surface area contributed by atoms with E-state index in [9.17, 15) is 0 Å². The number of aromatic nitrogens is 4. The second-order valence-electron chi connectivity index (χ2n) is 6.04. The molecule has 3 heterocycles. The molecule has 0 unspecified atom stereocenters. The van der Waals surface area contributed by atoms with Crippen LogP contribution in [0, 0.1) is 0 Å². The molecule has 0 atom stereocenters. The van der Waals surface area contributed by atoms with E-state index in [1.54, 1.807) is 12.4 Å². The lowest BCUT2D eigenvalue weighted by atomic mass is 9.98. The van der Waals surface area contributed by atoms with Gasteiger partial charge < -0.3 is 0 Å². The van der Waals surface area contributed by atoms with E-state index in [4.69, 9.17) is 0 Å². The molecule has 0 N–H and O–H groups in total. The molecule has 0 amide bonds. The molecular formula is C22H14N4. The fraction of sp³-hybridized carbons (Fsp3) is 0. The third-order valence-corrected chi connectivity index (χ3v) is 4.49. The molecule has 0 aliphatic heterocycles. The van der Waals surface area contributed by atoms with Crippen molar-refractivity contribution in [2.75, 3.05) is 0 Å². The van der Waals surface area contributed by atoms with Crippen LogP contribution in [-0.2, 0) is 0 Å². The van der Waals surface area contributed by atoms with Crippen LogP contribution < -0.4 is 0 Å². The first-order chi connectivity index (χ1) is 12.9. The minimum Gasteiger partial charge on any atom is -0.255 e. The standard InChI is InChI=1S/C22H14N4/c1-2-8-16-15(7-1)11-12-17-20(16)22(19-10-4-6-14-24-19)26-25-21(17)18-9-3-5-13-23-18/h1-14H. The van der Waals surface area contributed by atoms with Gasteiger partial charge in [-0.05, 0) is 35.0 Å². The van der Waals surface area contributed by atoms with Crippen LogP contribution in [0.2, 0.25) is 0 Å². The zero-order valence-electron chi connectivity index (χ0n) is 13.9. The summed E-state index contributed by atoms with van der Waals surface area (Å²) in [4.78, 5) is 8.95. The van der Waals surface area contributed by atoms with Gasteiger partial charge in [0.25, 0.3) is 0 Å². The van der Waals surface area contributed by atoms with Crippen molar-refractivity contribution in [3.05, 3.63) is 85.2 Å². The molecule has 0 saturated carbocycles. The molecule has 0 bridgehead atoms. The lowest BCUT2D eigenvalue weighted by Gasteiger charge is -2.11. The highest BCUT2D eigenvalue weighted by Gasteiger charge is 2.16. The fourth-order valence-electron chi connectivity index (χ4n) is 3.30. The van der Waals surface area contributed by atoms with Crippen LogP contribution in [0.4, 0.5) is 0 Å². The summed E-state index contributed by atoms with van der Waals surface area (Å²) in [5.74, 6) is 0. The molecule has 2 aromatic carbocycles. The molecule has 4 heteroatoms. The predicted octanol–water partition coefficient (Wildman–Crippen LogP) is 4.91. The second-order valence-corrected chi connectivity index (χ2v) is 6.04. The molecule has 0 radical (unpaired) electrons. The molecular weight excluding hydrogens is 320 g/mol. The third kappa shape index (κ3) is 2.31. The molecule has 3 aromatic heterocycles. The largest absolute Gasteiger partial charge is 0.255 e. The number of fused-ring (bicyclic) bond motifs is 3. The highest BCUT2D eigenvalue weighted by molar-refractivity contribution is 6.15. The number of rotatable bonds is 2. The summed E-state index contributed by atoms with van der Waals surface area (Å²) >= 11 is 0. The summed E-state index contributed by atoms with van der Waals surface area (Å²) in [6.45, 7) is 0. The molecule has 5 aromatic rings. The van der Waals surface area contributed by atoms with Gasteiger partial charge in [-0.3, -0.25) is 9.97 Å². The molecule has 0 spiro atoms. The van der Waals surface area contributed by atoms with Gasteiger partial charge in [0.2, 0.25) is 0 Å². The van der Waals surface area contributed by atoms with E-state index in [-0.39, 0.29) is 0 Å². The Kier molecular flexibility index (Phi) is 3.39. The van der Waals surface area contributed by atoms with Gasteiger partial charge in [0.05, 0.1) is 11.4 Å². The molecule has 0 aliphatic carbocycles. The van der Waals surface area contributed by atoms with Gasteiger partial charge in [-0.15, -0.1) is 10.2 Å². The Labute approximate surface area is 150 Å². The quantitative estimate of drug-likeness (QED) is 0.431. The number of hydrogen-bond donors (Lipinski definition) is 0. The van der Waals surface area contributed by atoms with E-state index < -0.39 is 0 Å². The lowest BCUT2D eigenvalue weighted by Crippen LogP contribution is -1.97. The van der Waals surface area contributed by atoms with Gasteiger partial charge in [-0.25, -0.2) is 0 Å². The Hall–Kier alpha value is -3.66. The van der Waals surface area contributed by atoms with Crippen molar-refractivity contribution in [2.24, 2.45) is 0 Å². The van der Waals surface area contributed by atoms with Crippen molar-refractivity contribution in [3.8, 4) is 22.8 Å². The number of nitrogens with zero attached hydrogens (tertiary/aromatic N) is 4. The first-order valence-corrected chi connectivity index (χ1v) is 8.43. The Bertz CT molecular complexity index is 1220. The first kappa shape index (κ1) is 14.7. The summed E-state index contributed by atoms with van der Waals surface area (Å²) in [7, 11) is 0. The monoisotopic (exact) mass is 334 g/mol. The van der Waals surface area contributed by atoms with Crippen LogP contribution in [0.3, 0.4) is 0 Å². The van der Waals surface area contributed by atoms with Crippen molar-refractivity contribution >= 4 is 21.5 Å². The van der Waals surface area contributed by atoms with Crippen LogP contribution in [-0.4, -0.2) is 20.2 Å². The molecule has 122 valence electrons. The number of pyridine rings is 2. The highest BCUT2D eigenvalue weighted by atomic mass is 15.1. The third-order valence-electron chi connectivity index (χ3n) is 4.49. The van der Waals surface area contributed by atoms with E-state index in [1.807, 2.05) is 48.5 Å². The maximum Gasteiger partial charge on any atom is 0.120 e. The van der Waals surface area contributed by atoms with Crippen LogP contribution in [0.15, 0.2) is 85.2 Å². The van der Waals surface area contributed by atoms with E-state index in [0.29, 0.717) is 0 Å². The zero-order chi connectivity index (χ0) is 17.3. The van der Waals surface area contributed by atoms with E-state index in [1.165, 1.54) is 0 Å². The summed E-state index contributed by atoms with van der Waals surface area (Å²) < 4.78 is 0. The van der Waals surface area contributed by atoms with Crippen molar-refractivity contribution < 1.29 is 0 Å². The van der Waals surface area contributed by atoms with Gasteiger partial charge in [0.15, 0.2) is 0 Å². The summed E-state index contributed by atoms with van der Waals surface area (Å²) in [6, 6.07) is 24.2. The van der Waals surface area contributed by atoms with Crippen molar-refractivity contribution in [3.63, 3.8) is 0 Å². The topological polar surface area (TPSA) is 51.6 Å². The average molecular weight is 334 g/mol. The minimum absolute atomic E-state index is 0.783. The van der Waals surface area contributed by atoms with Crippen LogP contribution in [0.5, 0.6) is 0 Å². The Balaban J connectivity index is 1.94. The van der Waals surface area contributed by atoms with Crippen LogP contribution in [0.25, 0.3) is 44.3 Å². The van der Waals surface area contributed by atoms with Gasteiger partial charge in [-0.1, -0.05) is 48.5 Å². The maximum absolute atomic E-state index is 4.55. The van der Waals surface area contributed by atoms with E-state index >= 15 is 0 Å². The van der Waals surface area contributed by atoms with Gasteiger partial charge >= 0.3 is 0 Å². The zero-order valence-corrected chi connectivity index (χ0v) is 13.9. The molecule has 4 nitrogen and oxygen atoms in total. The van der Waals surface area contributed by atoms with Crippen molar-refractivity contribution in [1.29, 1.82) is 0 Å². The van der Waals surface area contributed by atoms with Crippen molar-refractivity contribution in [2.45, 2.75) is 0 Å². The number of benzene rings is 2. The normalized spacial score (nSPS) is 11.1. The second kappa shape index (κ2) is 6.01. The molecule has 0 fully saturated rings. The van der Waals surface area contributed by atoms with E-state index in [2.05, 4.69) is 44.4 Å². The molecule has 5 rings (SSSR count). The van der Waals surface area contributed by atoms with Crippen LogP contribution >= 0.6 is 0 Å². The van der Waals surface area contributed by atoms with Crippen molar-refractivity contribution in [1.82, 2.24) is 20.2 Å². The Morgan fingerprint density at radius 2 is 1.15 bits per heavy atom. The summed E-state index contributed by atoms with van der Waals surface area (Å²) in [5.41, 5.74) is 3.20. The lowest BCUT2D eigenvalue weighted by molar-refractivity contribution is 1.05. The first-order valence-electron chi connectivity index (χ1n) is 8.43. The summed E-state index contributed by atoms with van der Waals surface area (Å²) in [5, 5.41) is 13.4. The number of hydrogen-bond acceptors (Lipinski definition) is 4. The van der Waals surface area contributed by atoms with E-state index in [0.717, 1.165) is 44.3 Å². The summed E-state index contributed by atoms with van der Waals surface area (Å²) in [6.07, 6.45) is 3.55. The smallest absolute Gasteiger partial charge is 0.120 e. The molecule has 0 aliphatic rings. The van der Waals surface area contributed by atoms with Gasteiger partial charge in [0, 0.05) is 23.2 Å². The maximum atomic E-state index is 4.55. The Morgan fingerprint density at radius 1 is 0.500 bits per heavy atom. The predicted molar refractivity (Wildman–Crippen MR) is 104 cm³/mol. The fourth-order valence-corrected chi connectivity index (χ4v) is 3.30. The van der Waals surface area contributed by atoms with Gasteiger partial charge in [0.1, 0.15) is 11.4 Å². The average Bonchev–Trinajstić information content (AvgIpc) is 2.74. The molecule has 0 saturated heterocycles. The SMILES string of the molecule is c1ccc(-c2nnc(-c3ccccn3)c3c2ccc2ccccc23)nc1.